The summed E-state index contributed by atoms with van der Waals surface area (Å²) in [5, 5.41) is 2.36. The molecule has 0 aromatic heterocycles. The second-order valence-electron chi connectivity index (χ2n) is 5.49. The highest BCUT2D eigenvalue weighted by atomic mass is 19.4. The van der Waals surface area contributed by atoms with E-state index in [9.17, 15) is 22.8 Å². The van der Waals surface area contributed by atoms with Crippen molar-refractivity contribution < 1.29 is 27.5 Å². The van der Waals surface area contributed by atoms with Crippen molar-refractivity contribution in [3.63, 3.8) is 0 Å². The van der Waals surface area contributed by atoms with Gasteiger partial charge in [-0.2, -0.15) is 13.2 Å². The van der Waals surface area contributed by atoms with Crippen LogP contribution < -0.4 is 5.32 Å². The largest absolute Gasteiger partial charge is 0.450 e. The molecular weight excluding hydrogens is 325 g/mol. The third-order valence-electron chi connectivity index (χ3n) is 3.88. The Labute approximate surface area is 137 Å². The molecule has 0 bridgehead atoms. The normalized spacial score (nSPS) is 15.9. The number of alkyl halides is 3. The highest BCUT2D eigenvalue weighted by Crippen LogP contribution is 2.35. The summed E-state index contributed by atoms with van der Waals surface area (Å²) >= 11 is 0. The van der Waals surface area contributed by atoms with Gasteiger partial charge in [0.25, 0.3) is 0 Å². The summed E-state index contributed by atoms with van der Waals surface area (Å²) in [7, 11) is 0. The number of anilines is 1. The van der Waals surface area contributed by atoms with Crippen LogP contribution in [0.3, 0.4) is 0 Å². The number of likely N-dealkylation sites (tertiary alicyclic amines) is 1. The van der Waals surface area contributed by atoms with Crippen LogP contribution in [0, 0.1) is 5.92 Å². The van der Waals surface area contributed by atoms with E-state index in [-0.39, 0.29) is 12.3 Å². The van der Waals surface area contributed by atoms with E-state index in [4.69, 9.17) is 4.74 Å². The molecule has 8 heteroatoms. The van der Waals surface area contributed by atoms with Gasteiger partial charge in [-0.1, -0.05) is 12.1 Å². The maximum absolute atomic E-state index is 12.9. The first-order valence-corrected chi connectivity index (χ1v) is 7.71. The predicted molar refractivity (Wildman–Crippen MR) is 81.4 cm³/mol. The van der Waals surface area contributed by atoms with Gasteiger partial charge in [0.2, 0.25) is 5.91 Å². The van der Waals surface area contributed by atoms with Crippen LogP contribution in [0.2, 0.25) is 0 Å². The van der Waals surface area contributed by atoms with Gasteiger partial charge in [-0.05, 0) is 31.9 Å². The van der Waals surface area contributed by atoms with E-state index in [1.165, 1.54) is 23.1 Å². The summed E-state index contributed by atoms with van der Waals surface area (Å²) in [6.07, 6.45) is -4.19. The Morgan fingerprint density at radius 3 is 2.46 bits per heavy atom. The van der Waals surface area contributed by atoms with E-state index < -0.39 is 29.7 Å². The summed E-state index contributed by atoms with van der Waals surface area (Å²) in [5.74, 6) is -0.896. The standard InChI is InChI=1S/C16H19F3N2O3/c1-2-24-15(23)21-9-7-11(8-10-21)14(22)20-13-6-4-3-5-12(13)16(17,18)19/h3-6,11H,2,7-10H2,1H3,(H,20,22). The highest BCUT2D eigenvalue weighted by Gasteiger charge is 2.34. The smallest absolute Gasteiger partial charge is 0.418 e. The molecule has 0 unspecified atom stereocenters. The monoisotopic (exact) mass is 344 g/mol. The molecule has 0 aliphatic carbocycles. The average Bonchev–Trinajstić information content (AvgIpc) is 2.54. The van der Waals surface area contributed by atoms with Crippen molar-refractivity contribution >= 4 is 17.7 Å². The Balaban J connectivity index is 1.97. The molecule has 1 aromatic rings. The first-order valence-electron chi connectivity index (χ1n) is 7.71. The summed E-state index contributed by atoms with van der Waals surface area (Å²) in [6, 6.07) is 4.87. The number of para-hydroxylation sites is 1. The van der Waals surface area contributed by atoms with Crippen LogP contribution in [0.4, 0.5) is 23.7 Å². The molecule has 132 valence electrons. The highest BCUT2D eigenvalue weighted by molar-refractivity contribution is 5.93. The lowest BCUT2D eigenvalue weighted by atomic mass is 9.96. The molecule has 1 aliphatic rings. The number of carbonyl (C=O) groups excluding carboxylic acids is 2. The van der Waals surface area contributed by atoms with Crippen LogP contribution in [0.15, 0.2) is 24.3 Å². The van der Waals surface area contributed by atoms with Crippen LogP contribution in [0.25, 0.3) is 0 Å². The van der Waals surface area contributed by atoms with E-state index in [2.05, 4.69) is 5.32 Å². The predicted octanol–water partition coefficient (Wildman–Crippen LogP) is 3.51. The van der Waals surface area contributed by atoms with Gasteiger partial charge in [-0.3, -0.25) is 4.79 Å². The molecule has 24 heavy (non-hydrogen) atoms. The maximum Gasteiger partial charge on any atom is 0.418 e. The Hall–Kier alpha value is -2.25. The summed E-state index contributed by atoms with van der Waals surface area (Å²) < 4.78 is 43.7. The van der Waals surface area contributed by atoms with Crippen LogP contribution >= 0.6 is 0 Å². The Morgan fingerprint density at radius 2 is 1.88 bits per heavy atom. The number of piperidine rings is 1. The van der Waals surface area contributed by atoms with E-state index in [0.717, 1.165) is 6.07 Å². The molecule has 1 saturated heterocycles. The zero-order chi connectivity index (χ0) is 17.7. The number of nitrogens with one attached hydrogen (secondary N) is 1. The van der Waals surface area contributed by atoms with Crippen LogP contribution in [0.1, 0.15) is 25.3 Å². The minimum absolute atomic E-state index is 0.247. The van der Waals surface area contributed by atoms with Gasteiger partial charge in [0.1, 0.15) is 0 Å². The van der Waals surface area contributed by atoms with E-state index in [1.807, 2.05) is 0 Å². The molecule has 1 N–H and O–H groups in total. The molecule has 5 nitrogen and oxygen atoms in total. The molecule has 2 rings (SSSR count). The van der Waals surface area contributed by atoms with E-state index in [0.29, 0.717) is 25.9 Å². The van der Waals surface area contributed by atoms with Crippen LogP contribution in [-0.2, 0) is 15.7 Å². The molecule has 0 spiro atoms. The SMILES string of the molecule is CCOC(=O)N1CCC(C(=O)Nc2ccccc2C(F)(F)F)CC1. The lowest BCUT2D eigenvalue weighted by Crippen LogP contribution is -2.41. The molecule has 1 aromatic carbocycles. The van der Waals surface area contributed by atoms with E-state index >= 15 is 0 Å². The van der Waals surface area contributed by atoms with Crippen molar-refractivity contribution in [2.45, 2.75) is 25.9 Å². The van der Waals surface area contributed by atoms with Gasteiger partial charge in [0.05, 0.1) is 17.9 Å². The molecule has 1 heterocycles. The molecule has 1 fully saturated rings. The van der Waals surface area contributed by atoms with Gasteiger partial charge < -0.3 is 15.0 Å². The topological polar surface area (TPSA) is 58.6 Å². The third kappa shape index (κ3) is 4.39. The first kappa shape index (κ1) is 18.1. The average molecular weight is 344 g/mol. The fourth-order valence-electron chi connectivity index (χ4n) is 2.61. The molecule has 2 amide bonds. The third-order valence-corrected chi connectivity index (χ3v) is 3.88. The number of benzene rings is 1. The van der Waals surface area contributed by atoms with Gasteiger partial charge in [-0.15, -0.1) is 0 Å². The summed E-state index contributed by atoms with van der Waals surface area (Å²) in [5.41, 5.74) is -1.12. The van der Waals surface area contributed by atoms with Gasteiger partial charge in [-0.25, -0.2) is 4.79 Å². The number of rotatable bonds is 3. The molecular formula is C16H19F3N2O3. The Morgan fingerprint density at radius 1 is 1.25 bits per heavy atom. The number of halogens is 3. The summed E-state index contributed by atoms with van der Waals surface area (Å²) in [6.45, 7) is 2.67. The zero-order valence-electron chi connectivity index (χ0n) is 13.2. The fraction of sp³-hybridized carbons (Fsp3) is 0.500. The van der Waals surface area contributed by atoms with E-state index in [1.54, 1.807) is 6.92 Å². The minimum atomic E-state index is -4.53. The number of ether oxygens (including phenoxy) is 1. The van der Waals surface area contributed by atoms with Crippen molar-refractivity contribution in [3.8, 4) is 0 Å². The second-order valence-corrected chi connectivity index (χ2v) is 5.49. The maximum atomic E-state index is 12.9. The number of hydrogen-bond donors (Lipinski definition) is 1. The molecule has 1 aliphatic heterocycles. The Kier molecular flexibility index (Phi) is 5.69. The lowest BCUT2D eigenvalue weighted by molar-refractivity contribution is -0.137. The van der Waals surface area contributed by atoms with Gasteiger partial charge in [0, 0.05) is 19.0 Å². The van der Waals surface area contributed by atoms with Crippen molar-refractivity contribution in [3.05, 3.63) is 29.8 Å². The number of hydrogen-bond acceptors (Lipinski definition) is 3. The van der Waals surface area contributed by atoms with Crippen molar-refractivity contribution in [1.82, 2.24) is 4.90 Å². The molecule has 0 atom stereocenters. The lowest BCUT2D eigenvalue weighted by Gasteiger charge is -2.30. The zero-order valence-corrected chi connectivity index (χ0v) is 13.2. The van der Waals surface area contributed by atoms with Crippen LogP contribution in [0.5, 0.6) is 0 Å². The van der Waals surface area contributed by atoms with Gasteiger partial charge in [0.15, 0.2) is 0 Å². The quantitative estimate of drug-likeness (QED) is 0.913. The van der Waals surface area contributed by atoms with Gasteiger partial charge >= 0.3 is 12.3 Å². The van der Waals surface area contributed by atoms with Crippen molar-refractivity contribution in [2.75, 3.05) is 25.0 Å². The first-order chi connectivity index (χ1) is 11.3. The fourth-order valence-corrected chi connectivity index (χ4v) is 2.61. The number of nitrogens with zero attached hydrogens (tertiary/aromatic N) is 1. The minimum Gasteiger partial charge on any atom is -0.450 e. The van der Waals surface area contributed by atoms with Crippen molar-refractivity contribution in [2.24, 2.45) is 5.92 Å². The summed E-state index contributed by atoms with van der Waals surface area (Å²) in [4.78, 5) is 25.3. The molecule has 0 saturated carbocycles. The Bertz CT molecular complexity index is 596. The molecule has 0 radical (unpaired) electrons. The number of amides is 2. The number of carbonyl (C=O) groups is 2. The van der Waals surface area contributed by atoms with Crippen molar-refractivity contribution in [1.29, 1.82) is 0 Å². The second kappa shape index (κ2) is 7.55. The van der Waals surface area contributed by atoms with Crippen LogP contribution in [-0.4, -0.2) is 36.6 Å².